The minimum atomic E-state index is -0.988. The molecule has 1 unspecified atom stereocenters. The van der Waals surface area contributed by atoms with Crippen molar-refractivity contribution in [1.29, 1.82) is 0 Å². The Morgan fingerprint density at radius 1 is 0.870 bits per heavy atom. The van der Waals surface area contributed by atoms with Crippen molar-refractivity contribution in [3.8, 4) is 5.75 Å². The van der Waals surface area contributed by atoms with E-state index in [1.807, 2.05) is 54.6 Å². The van der Waals surface area contributed by atoms with Crippen molar-refractivity contribution in [1.82, 2.24) is 0 Å². The van der Waals surface area contributed by atoms with Gasteiger partial charge in [0.15, 0.2) is 0 Å². The van der Waals surface area contributed by atoms with Crippen LogP contribution in [0.1, 0.15) is 11.1 Å². The molecule has 1 atom stereocenters. The molecule has 0 saturated carbocycles. The number of rotatable bonds is 0. The number of thioether (sulfide) groups is 1. The third kappa shape index (κ3) is 1.68. The fourth-order valence-electron chi connectivity index (χ4n) is 3.29. The summed E-state index contributed by atoms with van der Waals surface area (Å²) in [6.07, 6.45) is 3.50. The molecule has 2 nitrogen and oxygen atoms in total. The van der Waals surface area contributed by atoms with Gasteiger partial charge in [-0.3, -0.25) is 4.79 Å². The maximum absolute atomic E-state index is 12.8. The van der Waals surface area contributed by atoms with E-state index in [4.69, 9.17) is 4.74 Å². The zero-order chi connectivity index (χ0) is 15.4. The Morgan fingerprint density at radius 3 is 2.65 bits per heavy atom. The molecular weight excluding hydrogens is 304 g/mol. The molecule has 2 aliphatic rings. The molecule has 5 rings (SSSR count). The molecular formula is C20H12O2S. The summed E-state index contributed by atoms with van der Waals surface area (Å²) in [6, 6.07) is 20.2. The largest absolute Gasteiger partial charge is 0.463 e. The molecule has 0 radical (unpaired) electrons. The van der Waals surface area contributed by atoms with Gasteiger partial charge in [-0.1, -0.05) is 72.4 Å². The van der Waals surface area contributed by atoms with Crippen molar-refractivity contribution >= 4 is 34.4 Å². The van der Waals surface area contributed by atoms with Crippen molar-refractivity contribution in [2.75, 3.05) is 0 Å². The predicted octanol–water partition coefficient (Wildman–Crippen LogP) is 4.77. The first-order valence-corrected chi connectivity index (χ1v) is 8.31. The van der Waals surface area contributed by atoms with Crippen molar-refractivity contribution < 1.29 is 9.53 Å². The Balaban J connectivity index is 1.76. The Bertz CT molecular complexity index is 1010. The lowest BCUT2D eigenvalue weighted by Crippen LogP contribution is -2.37. The summed E-state index contributed by atoms with van der Waals surface area (Å²) >= 11 is 1.52. The third-order valence-corrected chi connectivity index (χ3v) is 5.81. The average molecular weight is 316 g/mol. The molecule has 23 heavy (non-hydrogen) atoms. The van der Waals surface area contributed by atoms with E-state index in [0.717, 1.165) is 32.5 Å². The van der Waals surface area contributed by atoms with Crippen molar-refractivity contribution in [3.63, 3.8) is 0 Å². The van der Waals surface area contributed by atoms with Gasteiger partial charge in [0, 0.05) is 5.56 Å². The van der Waals surface area contributed by atoms with Crippen LogP contribution >= 0.6 is 11.8 Å². The molecule has 0 amide bonds. The Labute approximate surface area is 137 Å². The molecule has 1 aliphatic carbocycles. The molecule has 0 aromatic heterocycles. The highest BCUT2D eigenvalue weighted by atomic mass is 32.2. The first kappa shape index (κ1) is 13.0. The van der Waals surface area contributed by atoms with Gasteiger partial charge in [-0.25, -0.2) is 0 Å². The van der Waals surface area contributed by atoms with Gasteiger partial charge in [-0.15, -0.1) is 0 Å². The van der Waals surface area contributed by atoms with E-state index < -0.39 is 4.93 Å². The first-order valence-electron chi connectivity index (χ1n) is 7.50. The van der Waals surface area contributed by atoms with Gasteiger partial charge in [-0.05, 0) is 28.5 Å². The van der Waals surface area contributed by atoms with Gasteiger partial charge in [-0.2, -0.15) is 0 Å². The lowest BCUT2D eigenvalue weighted by Gasteiger charge is -2.29. The Kier molecular flexibility index (Phi) is 2.53. The lowest BCUT2D eigenvalue weighted by atomic mass is 9.93. The number of ether oxygens (including phenoxy) is 1. The van der Waals surface area contributed by atoms with E-state index in [-0.39, 0.29) is 5.78 Å². The fraction of sp³-hybridized carbons (Fsp3) is 0.0500. The van der Waals surface area contributed by atoms with E-state index in [1.54, 1.807) is 6.08 Å². The van der Waals surface area contributed by atoms with Crippen molar-refractivity contribution in [3.05, 3.63) is 77.9 Å². The van der Waals surface area contributed by atoms with E-state index in [2.05, 4.69) is 12.1 Å². The Hall–Kier alpha value is -2.52. The number of carbonyl (C=O) groups is 1. The van der Waals surface area contributed by atoms with Gasteiger partial charge in [0.05, 0.1) is 4.90 Å². The zero-order valence-corrected chi connectivity index (χ0v) is 13.0. The topological polar surface area (TPSA) is 26.3 Å². The fourth-order valence-corrected chi connectivity index (χ4v) is 4.68. The number of carbonyl (C=O) groups excluding carboxylic acids is 1. The van der Waals surface area contributed by atoms with E-state index in [1.165, 1.54) is 11.8 Å². The van der Waals surface area contributed by atoms with Crippen LogP contribution in [0.3, 0.4) is 0 Å². The summed E-state index contributed by atoms with van der Waals surface area (Å²) in [5, 5.41) is 2.29. The van der Waals surface area contributed by atoms with Crippen LogP contribution < -0.4 is 4.74 Å². The van der Waals surface area contributed by atoms with Crippen LogP contribution in [0.2, 0.25) is 0 Å². The minimum Gasteiger partial charge on any atom is -0.463 e. The normalized spacial score (nSPS) is 21.3. The van der Waals surface area contributed by atoms with Crippen molar-refractivity contribution in [2.45, 2.75) is 9.83 Å². The predicted molar refractivity (Wildman–Crippen MR) is 92.6 cm³/mol. The van der Waals surface area contributed by atoms with Gasteiger partial charge < -0.3 is 4.74 Å². The zero-order valence-electron chi connectivity index (χ0n) is 12.2. The molecule has 3 heteroatoms. The molecule has 1 spiro atoms. The number of fused-ring (bicyclic) bond motifs is 5. The average Bonchev–Trinajstić information content (AvgIpc) is 3.00. The molecule has 3 aromatic rings. The third-order valence-electron chi connectivity index (χ3n) is 4.40. The van der Waals surface area contributed by atoms with Crippen LogP contribution in [0.5, 0.6) is 5.75 Å². The van der Waals surface area contributed by atoms with Crippen LogP contribution in [0, 0.1) is 0 Å². The highest BCUT2D eigenvalue weighted by Gasteiger charge is 2.50. The number of benzene rings is 3. The molecule has 0 bridgehead atoms. The van der Waals surface area contributed by atoms with Crippen molar-refractivity contribution in [2.24, 2.45) is 0 Å². The van der Waals surface area contributed by atoms with Crippen LogP contribution in [0.15, 0.2) is 71.6 Å². The van der Waals surface area contributed by atoms with E-state index in [9.17, 15) is 4.79 Å². The van der Waals surface area contributed by atoms with Gasteiger partial charge >= 0.3 is 0 Å². The second kappa shape index (κ2) is 4.49. The molecule has 1 heterocycles. The maximum atomic E-state index is 12.8. The lowest BCUT2D eigenvalue weighted by molar-refractivity contribution is -0.123. The Morgan fingerprint density at radius 2 is 1.70 bits per heavy atom. The van der Waals surface area contributed by atoms with E-state index in [0.29, 0.717) is 0 Å². The number of hydrogen-bond donors (Lipinski definition) is 0. The maximum Gasteiger partial charge on any atom is 0.247 e. The number of ketones is 1. The van der Waals surface area contributed by atoms with Gasteiger partial charge in [0.25, 0.3) is 0 Å². The number of hydrogen-bond acceptors (Lipinski definition) is 3. The summed E-state index contributed by atoms with van der Waals surface area (Å²) in [4.78, 5) is 12.8. The van der Waals surface area contributed by atoms with E-state index >= 15 is 0 Å². The quantitative estimate of drug-likeness (QED) is 0.597. The summed E-state index contributed by atoms with van der Waals surface area (Å²) in [5.74, 6) is 0.772. The van der Waals surface area contributed by atoms with Gasteiger partial charge in [0.2, 0.25) is 10.7 Å². The second-order valence-corrected chi connectivity index (χ2v) is 6.91. The summed E-state index contributed by atoms with van der Waals surface area (Å²) in [5.41, 5.74) is 1.97. The standard InChI is InChI=1S/C20H12O2S/c21-18-12-10-14-6-2-4-8-16(14)20(18)22-17-11-9-13-5-1-3-7-15(13)19(17)23-20/h1-12H. The molecule has 0 fully saturated rings. The summed E-state index contributed by atoms with van der Waals surface area (Å²) < 4.78 is 6.24. The minimum absolute atomic E-state index is 0.0125. The summed E-state index contributed by atoms with van der Waals surface area (Å²) in [6.45, 7) is 0. The van der Waals surface area contributed by atoms with Crippen LogP contribution in [0.4, 0.5) is 0 Å². The van der Waals surface area contributed by atoms with Crippen LogP contribution in [-0.2, 0) is 9.73 Å². The molecule has 3 aromatic carbocycles. The van der Waals surface area contributed by atoms with Crippen LogP contribution in [0.25, 0.3) is 16.8 Å². The summed E-state index contributed by atoms with van der Waals surface area (Å²) in [7, 11) is 0. The SMILES string of the molecule is O=C1C=Cc2ccccc2C12Oc1ccc3ccccc3c1S2. The second-order valence-electron chi connectivity index (χ2n) is 5.72. The smallest absolute Gasteiger partial charge is 0.247 e. The van der Waals surface area contributed by atoms with Crippen LogP contribution in [-0.4, -0.2) is 5.78 Å². The first-order chi connectivity index (χ1) is 11.3. The molecule has 0 N–H and O–H groups in total. The monoisotopic (exact) mass is 316 g/mol. The molecule has 0 saturated heterocycles. The van der Waals surface area contributed by atoms with Gasteiger partial charge in [0.1, 0.15) is 5.75 Å². The molecule has 1 aliphatic heterocycles. The molecule has 110 valence electrons. The highest BCUT2D eigenvalue weighted by Crippen LogP contribution is 2.57. The highest BCUT2D eigenvalue weighted by molar-refractivity contribution is 8.01.